The fourth-order valence-electron chi connectivity index (χ4n) is 1.57. The van der Waals surface area contributed by atoms with E-state index in [4.69, 9.17) is 4.42 Å². The van der Waals surface area contributed by atoms with Crippen molar-refractivity contribution < 1.29 is 9.21 Å². The van der Waals surface area contributed by atoms with Crippen LogP contribution in [0.15, 0.2) is 56.4 Å². The number of thioether (sulfide) groups is 1. The van der Waals surface area contributed by atoms with Crippen LogP contribution in [0.1, 0.15) is 18.7 Å². The lowest BCUT2D eigenvalue weighted by Crippen LogP contribution is -2.27. The molecule has 19 heavy (non-hydrogen) atoms. The largest absolute Gasteiger partial charge is 0.467 e. The van der Waals surface area contributed by atoms with E-state index in [0.717, 1.165) is 15.1 Å². The number of benzene rings is 1. The molecule has 0 spiro atoms. The van der Waals surface area contributed by atoms with Crippen molar-refractivity contribution >= 4 is 33.6 Å². The lowest BCUT2D eigenvalue weighted by atomic mass is 10.2. The minimum atomic E-state index is -0.104. The van der Waals surface area contributed by atoms with E-state index in [1.54, 1.807) is 6.26 Å². The molecule has 1 aromatic carbocycles. The molecule has 100 valence electrons. The third kappa shape index (κ3) is 4.44. The quantitative estimate of drug-likeness (QED) is 0.836. The van der Waals surface area contributed by atoms with Gasteiger partial charge in [-0.15, -0.1) is 11.8 Å². The van der Waals surface area contributed by atoms with Crippen LogP contribution in [0.4, 0.5) is 0 Å². The van der Waals surface area contributed by atoms with Crippen LogP contribution in [0, 0.1) is 0 Å². The van der Waals surface area contributed by atoms with Crippen molar-refractivity contribution in [2.24, 2.45) is 0 Å². The third-order valence-corrected chi connectivity index (χ3v) is 4.07. The number of amides is 1. The first kappa shape index (κ1) is 14.2. The van der Waals surface area contributed by atoms with E-state index < -0.39 is 0 Å². The summed E-state index contributed by atoms with van der Waals surface area (Å²) in [5, 5.41) is 2.90. The fourth-order valence-corrected chi connectivity index (χ4v) is 2.55. The second kappa shape index (κ2) is 6.82. The third-order valence-electron chi connectivity index (χ3n) is 2.53. The zero-order chi connectivity index (χ0) is 13.7. The van der Waals surface area contributed by atoms with E-state index >= 15 is 0 Å². The van der Waals surface area contributed by atoms with Gasteiger partial charge >= 0.3 is 0 Å². The molecule has 0 bridgehead atoms. The highest BCUT2D eigenvalue weighted by molar-refractivity contribution is 9.10. The van der Waals surface area contributed by atoms with Gasteiger partial charge in [-0.3, -0.25) is 4.79 Å². The van der Waals surface area contributed by atoms with E-state index in [-0.39, 0.29) is 11.9 Å². The molecule has 0 saturated carbocycles. The summed E-state index contributed by atoms with van der Waals surface area (Å²) in [5.41, 5.74) is 0. The monoisotopic (exact) mass is 339 g/mol. The van der Waals surface area contributed by atoms with Gasteiger partial charge in [0, 0.05) is 9.37 Å². The molecule has 0 aliphatic carbocycles. The van der Waals surface area contributed by atoms with E-state index in [0.29, 0.717) is 5.75 Å². The van der Waals surface area contributed by atoms with Gasteiger partial charge in [-0.1, -0.05) is 15.9 Å². The van der Waals surface area contributed by atoms with Gasteiger partial charge in [0.1, 0.15) is 5.76 Å². The predicted octanol–water partition coefficient (Wildman–Crippen LogP) is 4.01. The molecular weight excluding hydrogens is 326 g/mol. The number of carbonyl (C=O) groups excluding carboxylic acids is 1. The summed E-state index contributed by atoms with van der Waals surface area (Å²) in [4.78, 5) is 12.9. The van der Waals surface area contributed by atoms with Gasteiger partial charge in [-0.25, -0.2) is 0 Å². The first-order chi connectivity index (χ1) is 9.15. The summed E-state index contributed by atoms with van der Waals surface area (Å²) >= 11 is 4.89. The van der Waals surface area contributed by atoms with Gasteiger partial charge in [-0.2, -0.15) is 0 Å². The molecule has 2 rings (SSSR count). The molecule has 1 N–H and O–H groups in total. The Hall–Kier alpha value is -1.20. The van der Waals surface area contributed by atoms with Crippen molar-refractivity contribution in [3.05, 3.63) is 52.9 Å². The number of carbonyl (C=O) groups is 1. The van der Waals surface area contributed by atoms with Crippen molar-refractivity contribution in [3.63, 3.8) is 0 Å². The molecule has 1 aromatic heterocycles. The highest BCUT2D eigenvalue weighted by Gasteiger charge is 2.11. The Morgan fingerprint density at radius 3 is 2.74 bits per heavy atom. The Balaban J connectivity index is 1.80. The molecule has 5 heteroatoms. The van der Waals surface area contributed by atoms with Crippen LogP contribution >= 0.6 is 27.7 Å². The van der Waals surface area contributed by atoms with Crippen LogP contribution in [-0.4, -0.2) is 11.7 Å². The van der Waals surface area contributed by atoms with Gasteiger partial charge in [0.2, 0.25) is 5.91 Å². The van der Waals surface area contributed by atoms with Crippen LogP contribution < -0.4 is 5.32 Å². The highest BCUT2D eigenvalue weighted by Crippen LogP contribution is 2.20. The van der Waals surface area contributed by atoms with E-state index in [9.17, 15) is 4.79 Å². The molecule has 0 fully saturated rings. The maximum atomic E-state index is 11.8. The summed E-state index contributed by atoms with van der Waals surface area (Å²) in [6, 6.07) is 11.5. The summed E-state index contributed by atoms with van der Waals surface area (Å²) < 4.78 is 6.28. The van der Waals surface area contributed by atoms with E-state index in [2.05, 4.69) is 21.2 Å². The zero-order valence-electron chi connectivity index (χ0n) is 10.4. The van der Waals surface area contributed by atoms with E-state index in [1.165, 1.54) is 11.8 Å². The van der Waals surface area contributed by atoms with Gasteiger partial charge in [0.25, 0.3) is 0 Å². The molecule has 0 radical (unpaired) electrons. The molecular formula is C14H14BrNO2S. The number of nitrogens with one attached hydrogen (secondary N) is 1. The smallest absolute Gasteiger partial charge is 0.230 e. The first-order valence-electron chi connectivity index (χ1n) is 5.86. The molecule has 1 heterocycles. The van der Waals surface area contributed by atoms with Crippen LogP contribution in [0.2, 0.25) is 0 Å². The molecule has 2 aromatic rings. The summed E-state index contributed by atoms with van der Waals surface area (Å²) in [5.74, 6) is 1.16. The fraction of sp³-hybridized carbons (Fsp3) is 0.214. The number of hydrogen-bond donors (Lipinski definition) is 1. The summed E-state index contributed by atoms with van der Waals surface area (Å²) in [7, 11) is 0. The maximum absolute atomic E-state index is 11.8. The normalized spacial score (nSPS) is 12.1. The SMILES string of the molecule is C[C@H](NC(=O)CSc1ccc(Br)cc1)c1ccco1. The molecule has 1 amide bonds. The lowest BCUT2D eigenvalue weighted by Gasteiger charge is -2.11. The Kier molecular flexibility index (Phi) is 5.10. The zero-order valence-corrected chi connectivity index (χ0v) is 12.8. The van der Waals surface area contributed by atoms with Gasteiger partial charge < -0.3 is 9.73 Å². The van der Waals surface area contributed by atoms with Crippen molar-refractivity contribution in [1.82, 2.24) is 5.32 Å². The van der Waals surface area contributed by atoms with Crippen LogP contribution in [0.3, 0.4) is 0 Å². The second-order valence-electron chi connectivity index (χ2n) is 4.05. The molecule has 0 aliphatic heterocycles. The Bertz CT molecular complexity index is 525. The molecule has 0 aliphatic rings. The molecule has 0 unspecified atom stereocenters. The summed E-state index contributed by atoms with van der Waals surface area (Å²) in [6.07, 6.45) is 1.61. The van der Waals surface area contributed by atoms with Crippen LogP contribution in [0.25, 0.3) is 0 Å². The first-order valence-corrected chi connectivity index (χ1v) is 7.64. The molecule has 0 saturated heterocycles. The standard InChI is InChI=1S/C14H14BrNO2S/c1-10(13-3-2-8-18-13)16-14(17)9-19-12-6-4-11(15)5-7-12/h2-8,10H,9H2,1H3,(H,16,17)/t10-/m0/s1. The van der Waals surface area contributed by atoms with E-state index in [1.807, 2.05) is 43.3 Å². The minimum absolute atomic E-state index is 0.00295. The molecule has 3 nitrogen and oxygen atoms in total. The number of halogens is 1. The molecule has 1 atom stereocenters. The number of furan rings is 1. The average Bonchev–Trinajstić information content (AvgIpc) is 2.92. The van der Waals surface area contributed by atoms with Crippen LogP contribution in [0.5, 0.6) is 0 Å². The van der Waals surface area contributed by atoms with Crippen molar-refractivity contribution in [2.75, 3.05) is 5.75 Å². The number of hydrogen-bond acceptors (Lipinski definition) is 3. The average molecular weight is 340 g/mol. The Labute approximate surface area is 124 Å². The van der Waals surface area contributed by atoms with Gasteiger partial charge in [-0.05, 0) is 43.3 Å². The van der Waals surface area contributed by atoms with Crippen molar-refractivity contribution in [3.8, 4) is 0 Å². The Morgan fingerprint density at radius 1 is 1.37 bits per heavy atom. The lowest BCUT2D eigenvalue weighted by molar-refractivity contribution is -0.119. The Morgan fingerprint density at radius 2 is 2.11 bits per heavy atom. The van der Waals surface area contributed by atoms with Gasteiger partial charge in [0.05, 0.1) is 18.1 Å². The summed E-state index contributed by atoms with van der Waals surface area (Å²) in [6.45, 7) is 1.90. The predicted molar refractivity (Wildman–Crippen MR) is 80.1 cm³/mol. The number of rotatable bonds is 5. The van der Waals surface area contributed by atoms with Crippen molar-refractivity contribution in [2.45, 2.75) is 17.9 Å². The maximum Gasteiger partial charge on any atom is 0.230 e. The second-order valence-corrected chi connectivity index (χ2v) is 6.01. The van der Waals surface area contributed by atoms with Crippen molar-refractivity contribution in [1.29, 1.82) is 0 Å². The minimum Gasteiger partial charge on any atom is -0.467 e. The van der Waals surface area contributed by atoms with Gasteiger partial charge in [0.15, 0.2) is 0 Å². The highest BCUT2D eigenvalue weighted by atomic mass is 79.9. The van der Waals surface area contributed by atoms with Crippen LogP contribution in [-0.2, 0) is 4.79 Å². The topological polar surface area (TPSA) is 42.2 Å².